The van der Waals surface area contributed by atoms with Crippen LogP contribution in [0.3, 0.4) is 0 Å². The first-order valence-electron chi connectivity index (χ1n) is 4.35. The molecule has 2 aromatic carbocycles. The van der Waals surface area contributed by atoms with Gasteiger partial charge in [0.1, 0.15) is 0 Å². The molecule has 2 rings (SSSR count). The summed E-state index contributed by atoms with van der Waals surface area (Å²) in [6.07, 6.45) is 0. The summed E-state index contributed by atoms with van der Waals surface area (Å²) in [4.78, 5) is 0. The summed E-state index contributed by atoms with van der Waals surface area (Å²) in [5.74, 6) is -0.162. The Hall–Kier alpha value is -1.67. The van der Waals surface area contributed by atoms with Crippen LogP contribution in [-0.4, -0.2) is 10.2 Å². The molecular weight excluding hydrogens is 212 g/mol. The summed E-state index contributed by atoms with van der Waals surface area (Å²) < 4.78 is 0. The van der Waals surface area contributed by atoms with Gasteiger partial charge < -0.3 is 10.2 Å². The molecule has 0 spiro atoms. The van der Waals surface area contributed by atoms with Crippen molar-refractivity contribution in [2.45, 2.75) is 0 Å². The fraction of sp³-hybridized carbons (Fsp3) is 0. The van der Waals surface area contributed by atoms with Gasteiger partial charge in [0.25, 0.3) is 0 Å². The van der Waals surface area contributed by atoms with E-state index in [0.29, 0.717) is 5.56 Å². The zero-order valence-electron chi connectivity index (χ0n) is 7.92. The smallest absolute Gasteiger partial charge is 0.165 e. The zero-order chi connectivity index (χ0) is 9.97. The normalized spacial score (nSPS) is 9.33. The molecule has 0 saturated heterocycles. The molecule has 0 saturated carbocycles. The van der Waals surface area contributed by atoms with E-state index < -0.39 is 0 Å². The van der Waals surface area contributed by atoms with Crippen molar-refractivity contribution in [1.82, 2.24) is 0 Å². The Balaban J connectivity index is 0.00000112. The minimum absolute atomic E-state index is 0. The Morgan fingerprint density at radius 3 is 2.07 bits per heavy atom. The third-order valence-corrected chi connectivity index (χ3v) is 2.10. The molecule has 2 N–H and O–H groups in total. The molecule has 0 aliphatic rings. The maximum atomic E-state index is 9.60. The SMILES string of the molecule is Cl.Oc1cccc(-c2ccccc2)c1O. The molecule has 2 nitrogen and oxygen atoms in total. The van der Waals surface area contributed by atoms with Gasteiger partial charge in [-0.25, -0.2) is 0 Å². The number of halogens is 1. The molecule has 0 unspecified atom stereocenters. The van der Waals surface area contributed by atoms with Crippen LogP contribution in [0.5, 0.6) is 11.5 Å². The van der Waals surface area contributed by atoms with Crippen LogP contribution in [0.15, 0.2) is 48.5 Å². The topological polar surface area (TPSA) is 40.5 Å². The lowest BCUT2D eigenvalue weighted by molar-refractivity contribution is 0.405. The van der Waals surface area contributed by atoms with Crippen molar-refractivity contribution in [3.63, 3.8) is 0 Å². The Bertz CT molecular complexity index is 441. The first-order chi connectivity index (χ1) is 6.79. The Kier molecular flexibility index (Phi) is 3.58. The number of rotatable bonds is 1. The molecule has 0 bridgehead atoms. The molecule has 2 aromatic rings. The van der Waals surface area contributed by atoms with Gasteiger partial charge in [-0.1, -0.05) is 42.5 Å². The van der Waals surface area contributed by atoms with Gasteiger partial charge in [0.05, 0.1) is 0 Å². The van der Waals surface area contributed by atoms with E-state index in [-0.39, 0.29) is 23.9 Å². The highest BCUT2D eigenvalue weighted by atomic mass is 35.5. The van der Waals surface area contributed by atoms with E-state index in [1.165, 1.54) is 6.07 Å². The summed E-state index contributed by atoms with van der Waals surface area (Å²) in [5, 5.41) is 18.9. The summed E-state index contributed by atoms with van der Waals surface area (Å²) >= 11 is 0. The number of hydrogen-bond donors (Lipinski definition) is 2. The molecular formula is C12H11ClO2. The molecule has 0 radical (unpaired) electrons. The Morgan fingerprint density at radius 1 is 0.733 bits per heavy atom. The van der Waals surface area contributed by atoms with Crippen molar-refractivity contribution in [1.29, 1.82) is 0 Å². The van der Waals surface area contributed by atoms with Crippen LogP contribution in [0.2, 0.25) is 0 Å². The van der Waals surface area contributed by atoms with Crippen LogP contribution in [0, 0.1) is 0 Å². The minimum atomic E-state index is -0.0913. The van der Waals surface area contributed by atoms with E-state index >= 15 is 0 Å². The minimum Gasteiger partial charge on any atom is -0.504 e. The molecule has 15 heavy (non-hydrogen) atoms. The Labute approximate surface area is 94.2 Å². The van der Waals surface area contributed by atoms with Crippen LogP contribution in [0.1, 0.15) is 0 Å². The number of phenolic OH excluding ortho intramolecular Hbond substituents is 2. The van der Waals surface area contributed by atoms with E-state index in [1.807, 2.05) is 30.3 Å². The molecule has 0 aromatic heterocycles. The lowest BCUT2D eigenvalue weighted by atomic mass is 10.0. The third kappa shape index (κ3) is 2.22. The number of phenols is 2. The van der Waals surface area contributed by atoms with Crippen molar-refractivity contribution in [2.24, 2.45) is 0 Å². The van der Waals surface area contributed by atoms with Gasteiger partial charge in [-0.05, 0) is 11.6 Å². The van der Waals surface area contributed by atoms with Crippen molar-refractivity contribution in [3.8, 4) is 22.6 Å². The van der Waals surface area contributed by atoms with Gasteiger partial charge in [0, 0.05) is 5.56 Å². The summed E-state index contributed by atoms with van der Waals surface area (Å²) in [7, 11) is 0. The van der Waals surface area contributed by atoms with Gasteiger partial charge >= 0.3 is 0 Å². The van der Waals surface area contributed by atoms with Crippen molar-refractivity contribution < 1.29 is 10.2 Å². The van der Waals surface area contributed by atoms with Crippen LogP contribution >= 0.6 is 12.4 Å². The van der Waals surface area contributed by atoms with Gasteiger partial charge in [-0.3, -0.25) is 0 Å². The van der Waals surface area contributed by atoms with Crippen LogP contribution in [0.4, 0.5) is 0 Å². The molecule has 0 amide bonds. The van der Waals surface area contributed by atoms with E-state index in [0.717, 1.165) is 5.56 Å². The average Bonchev–Trinajstić information content (AvgIpc) is 2.23. The van der Waals surface area contributed by atoms with Gasteiger partial charge in [-0.2, -0.15) is 0 Å². The van der Waals surface area contributed by atoms with E-state index in [4.69, 9.17) is 0 Å². The standard InChI is InChI=1S/C12H10O2.ClH/c13-11-8-4-7-10(12(11)14)9-5-2-1-3-6-9;/h1-8,13-14H;1H. The van der Waals surface area contributed by atoms with Crippen molar-refractivity contribution >= 4 is 12.4 Å². The second-order valence-corrected chi connectivity index (χ2v) is 3.04. The maximum Gasteiger partial charge on any atom is 0.165 e. The molecule has 78 valence electrons. The van der Waals surface area contributed by atoms with Crippen LogP contribution < -0.4 is 0 Å². The van der Waals surface area contributed by atoms with E-state index in [1.54, 1.807) is 12.1 Å². The molecule has 3 heteroatoms. The monoisotopic (exact) mass is 222 g/mol. The summed E-state index contributed by atoms with van der Waals surface area (Å²) in [6, 6.07) is 14.4. The summed E-state index contributed by atoms with van der Waals surface area (Å²) in [5.41, 5.74) is 1.53. The highest BCUT2D eigenvalue weighted by Gasteiger charge is 2.06. The lowest BCUT2D eigenvalue weighted by Gasteiger charge is -2.05. The second kappa shape index (κ2) is 4.71. The lowest BCUT2D eigenvalue weighted by Crippen LogP contribution is -1.78. The van der Waals surface area contributed by atoms with Gasteiger partial charge in [0.2, 0.25) is 0 Å². The predicted octanol–water partition coefficient (Wildman–Crippen LogP) is 3.19. The van der Waals surface area contributed by atoms with Gasteiger partial charge in [-0.15, -0.1) is 12.4 Å². The van der Waals surface area contributed by atoms with Crippen molar-refractivity contribution in [3.05, 3.63) is 48.5 Å². The number of benzene rings is 2. The fourth-order valence-electron chi connectivity index (χ4n) is 1.38. The van der Waals surface area contributed by atoms with Crippen molar-refractivity contribution in [2.75, 3.05) is 0 Å². The quantitative estimate of drug-likeness (QED) is 0.728. The first-order valence-corrected chi connectivity index (χ1v) is 4.35. The third-order valence-electron chi connectivity index (χ3n) is 2.10. The highest BCUT2D eigenvalue weighted by Crippen LogP contribution is 2.35. The second-order valence-electron chi connectivity index (χ2n) is 3.04. The molecule has 0 fully saturated rings. The largest absolute Gasteiger partial charge is 0.504 e. The Morgan fingerprint density at radius 2 is 1.40 bits per heavy atom. The van der Waals surface area contributed by atoms with Gasteiger partial charge in [0.15, 0.2) is 11.5 Å². The summed E-state index contributed by atoms with van der Waals surface area (Å²) in [6.45, 7) is 0. The van der Waals surface area contributed by atoms with Crippen LogP contribution in [0.25, 0.3) is 11.1 Å². The van der Waals surface area contributed by atoms with E-state index in [2.05, 4.69) is 0 Å². The van der Waals surface area contributed by atoms with Crippen LogP contribution in [-0.2, 0) is 0 Å². The molecule has 0 aliphatic heterocycles. The highest BCUT2D eigenvalue weighted by molar-refractivity contribution is 5.85. The average molecular weight is 223 g/mol. The first kappa shape index (κ1) is 11.4. The predicted molar refractivity (Wildman–Crippen MR) is 62.5 cm³/mol. The maximum absolute atomic E-state index is 9.60. The fourth-order valence-corrected chi connectivity index (χ4v) is 1.38. The molecule has 0 heterocycles. The number of para-hydroxylation sites is 1. The molecule has 0 atom stereocenters. The zero-order valence-corrected chi connectivity index (χ0v) is 8.74. The van der Waals surface area contributed by atoms with E-state index in [9.17, 15) is 10.2 Å². The molecule has 0 aliphatic carbocycles. The number of hydrogen-bond acceptors (Lipinski definition) is 2. The number of aromatic hydroxyl groups is 2.